The van der Waals surface area contributed by atoms with E-state index in [2.05, 4.69) is 16.9 Å². The monoisotopic (exact) mass is 407 g/mol. The molecule has 0 aliphatic carbocycles. The molecule has 1 atom stereocenters. The van der Waals surface area contributed by atoms with Crippen LogP contribution in [0.25, 0.3) is 11.1 Å². The summed E-state index contributed by atoms with van der Waals surface area (Å²) < 4.78 is 6.12. The average molecular weight is 408 g/mol. The first-order valence-corrected chi connectivity index (χ1v) is 10.3. The quantitative estimate of drug-likeness (QED) is 0.717. The Morgan fingerprint density at radius 1 is 1.30 bits per heavy atom. The predicted molar refractivity (Wildman–Crippen MR) is 117 cm³/mol. The summed E-state index contributed by atoms with van der Waals surface area (Å²) in [4.78, 5) is 31.9. The van der Waals surface area contributed by atoms with Crippen LogP contribution in [-0.2, 0) is 20.7 Å². The molecule has 1 aliphatic heterocycles. The van der Waals surface area contributed by atoms with E-state index in [-0.39, 0.29) is 24.3 Å². The number of hydrogen-bond acceptors (Lipinski definition) is 4. The lowest BCUT2D eigenvalue weighted by Gasteiger charge is -2.42. The van der Waals surface area contributed by atoms with E-state index in [0.717, 1.165) is 16.7 Å². The van der Waals surface area contributed by atoms with Gasteiger partial charge in [0.1, 0.15) is 0 Å². The molecule has 1 aromatic heterocycles. The van der Waals surface area contributed by atoms with Crippen molar-refractivity contribution in [3.8, 4) is 11.1 Å². The number of carbonyl (C=O) groups excluding carboxylic acids is 2. The first-order chi connectivity index (χ1) is 14.5. The first-order valence-electron chi connectivity index (χ1n) is 10.3. The second kappa shape index (κ2) is 9.67. The molecule has 2 heterocycles. The molecular weight excluding hydrogens is 378 g/mol. The van der Waals surface area contributed by atoms with Crippen LogP contribution in [0.4, 0.5) is 0 Å². The van der Waals surface area contributed by atoms with Gasteiger partial charge in [-0.1, -0.05) is 50.3 Å². The number of morpholine rings is 1. The molecule has 2 amide bonds. The average Bonchev–Trinajstić information content (AvgIpc) is 2.78. The van der Waals surface area contributed by atoms with Crippen LogP contribution in [0, 0.1) is 5.92 Å². The molecule has 2 aromatic rings. The lowest BCUT2D eigenvalue weighted by atomic mass is 9.87. The molecule has 158 valence electrons. The van der Waals surface area contributed by atoms with Crippen molar-refractivity contribution in [3.63, 3.8) is 0 Å². The smallest absolute Gasteiger partial charge is 0.254 e. The van der Waals surface area contributed by atoms with Gasteiger partial charge in [-0.3, -0.25) is 14.6 Å². The van der Waals surface area contributed by atoms with Gasteiger partial charge in [-0.05, 0) is 17.2 Å². The van der Waals surface area contributed by atoms with Crippen LogP contribution in [0.5, 0.6) is 0 Å². The van der Waals surface area contributed by atoms with Crippen LogP contribution < -0.4 is 5.32 Å². The molecule has 1 fully saturated rings. The van der Waals surface area contributed by atoms with Crippen LogP contribution in [0.15, 0.2) is 61.4 Å². The topological polar surface area (TPSA) is 71.5 Å². The molecule has 1 aliphatic rings. The van der Waals surface area contributed by atoms with Crippen LogP contribution >= 0.6 is 0 Å². The fraction of sp³-hybridized carbons (Fsp3) is 0.375. The van der Waals surface area contributed by atoms with Gasteiger partial charge in [0, 0.05) is 43.4 Å². The number of benzene rings is 1. The Labute approximate surface area is 178 Å². The summed E-state index contributed by atoms with van der Waals surface area (Å²) in [6, 6.07) is 11.8. The zero-order valence-electron chi connectivity index (χ0n) is 17.6. The maximum Gasteiger partial charge on any atom is 0.254 e. The van der Waals surface area contributed by atoms with E-state index in [9.17, 15) is 9.59 Å². The molecule has 0 radical (unpaired) electrons. The van der Waals surface area contributed by atoms with Gasteiger partial charge in [0.25, 0.3) is 5.91 Å². The van der Waals surface area contributed by atoms with Gasteiger partial charge >= 0.3 is 0 Å². The number of aromatic nitrogens is 1. The fourth-order valence-electron chi connectivity index (χ4n) is 3.77. The molecule has 1 N–H and O–H groups in total. The Morgan fingerprint density at radius 3 is 2.80 bits per heavy atom. The van der Waals surface area contributed by atoms with Crippen molar-refractivity contribution in [2.24, 2.45) is 5.92 Å². The Morgan fingerprint density at radius 2 is 2.10 bits per heavy atom. The highest BCUT2D eigenvalue weighted by molar-refractivity contribution is 5.88. The number of hydrogen-bond donors (Lipinski definition) is 1. The van der Waals surface area contributed by atoms with Crippen LogP contribution in [0.2, 0.25) is 0 Å². The van der Waals surface area contributed by atoms with Crippen molar-refractivity contribution in [2.45, 2.75) is 25.9 Å². The Hall–Kier alpha value is -2.99. The molecule has 1 saturated heterocycles. The molecule has 6 heteroatoms. The Kier molecular flexibility index (Phi) is 7.00. The van der Waals surface area contributed by atoms with E-state index in [1.54, 1.807) is 23.4 Å². The van der Waals surface area contributed by atoms with Gasteiger partial charge in [0.05, 0.1) is 13.2 Å². The van der Waals surface area contributed by atoms with E-state index < -0.39 is 5.60 Å². The number of nitrogens with one attached hydrogen (secondary N) is 1. The second-order valence-corrected chi connectivity index (χ2v) is 7.83. The number of carbonyl (C=O) groups is 2. The number of rotatable bonds is 7. The summed E-state index contributed by atoms with van der Waals surface area (Å²) in [6.07, 6.45) is 5.52. The van der Waals surface area contributed by atoms with Crippen molar-refractivity contribution in [1.29, 1.82) is 0 Å². The minimum Gasteiger partial charge on any atom is -0.361 e. The van der Waals surface area contributed by atoms with Gasteiger partial charge in [-0.15, -0.1) is 6.58 Å². The van der Waals surface area contributed by atoms with E-state index in [4.69, 9.17) is 4.74 Å². The lowest BCUT2D eigenvalue weighted by Crippen LogP contribution is -2.62. The van der Waals surface area contributed by atoms with Crippen molar-refractivity contribution in [1.82, 2.24) is 15.2 Å². The summed E-state index contributed by atoms with van der Waals surface area (Å²) in [6.45, 7) is 8.77. The molecular formula is C24H29N3O3. The summed E-state index contributed by atoms with van der Waals surface area (Å²) in [5.74, 6) is -0.343. The third-order valence-corrected chi connectivity index (χ3v) is 5.28. The van der Waals surface area contributed by atoms with E-state index in [0.29, 0.717) is 26.1 Å². The molecule has 3 rings (SSSR count). The molecule has 0 spiro atoms. The van der Waals surface area contributed by atoms with Gasteiger partial charge < -0.3 is 15.0 Å². The number of ether oxygens (including phenoxy) is 1. The number of nitrogens with zero attached hydrogens (tertiary/aromatic N) is 2. The lowest BCUT2D eigenvalue weighted by molar-refractivity contribution is -0.167. The highest BCUT2D eigenvalue weighted by Gasteiger charge is 2.45. The maximum atomic E-state index is 13.2. The first kappa shape index (κ1) is 21.7. The molecule has 0 unspecified atom stereocenters. The molecule has 0 bridgehead atoms. The number of pyridine rings is 1. The van der Waals surface area contributed by atoms with Crippen LogP contribution in [-0.4, -0.2) is 53.5 Å². The Bertz CT molecular complexity index is 898. The van der Waals surface area contributed by atoms with Crippen molar-refractivity contribution in [2.75, 3.05) is 26.2 Å². The van der Waals surface area contributed by atoms with Crippen LogP contribution in [0.1, 0.15) is 19.4 Å². The van der Waals surface area contributed by atoms with E-state index in [1.807, 2.05) is 50.2 Å². The molecule has 6 nitrogen and oxygen atoms in total. The minimum absolute atomic E-state index is 0.0275. The normalized spacial score (nSPS) is 18.8. The molecule has 0 saturated carbocycles. The summed E-state index contributed by atoms with van der Waals surface area (Å²) in [5, 5.41) is 2.88. The third-order valence-electron chi connectivity index (χ3n) is 5.28. The fourth-order valence-corrected chi connectivity index (χ4v) is 3.77. The summed E-state index contributed by atoms with van der Waals surface area (Å²) in [5.41, 5.74) is 1.78. The molecule has 1 aromatic carbocycles. The highest BCUT2D eigenvalue weighted by atomic mass is 16.5. The third kappa shape index (κ3) is 4.76. The summed E-state index contributed by atoms with van der Waals surface area (Å²) >= 11 is 0. The second-order valence-electron chi connectivity index (χ2n) is 7.83. The van der Waals surface area contributed by atoms with E-state index >= 15 is 0 Å². The summed E-state index contributed by atoms with van der Waals surface area (Å²) in [7, 11) is 0. The standard InChI is InChI=1S/C24H29N3O3/c1-4-11-26-23(29)24(17-27(13-14-30-24)22(28)18(2)3)15-19-8-5-6-10-21(19)20-9-7-12-25-16-20/h4-10,12,16,18H,1,11,13-15,17H2,2-3H3,(H,26,29)/t24-/m0/s1. The zero-order chi connectivity index (χ0) is 21.6. The number of amides is 2. The van der Waals surface area contributed by atoms with Crippen molar-refractivity contribution < 1.29 is 14.3 Å². The van der Waals surface area contributed by atoms with Gasteiger partial charge in [0.2, 0.25) is 5.91 Å². The van der Waals surface area contributed by atoms with Gasteiger partial charge in [0.15, 0.2) is 5.60 Å². The maximum absolute atomic E-state index is 13.2. The van der Waals surface area contributed by atoms with Crippen molar-refractivity contribution >= 4 is 11.8 Å². The largest absolute Gasteiger partial charge is 0.361 e. The van der Waals surface area contributed by atoms with Crippen LogP contribution in [0.3, 0.4) is 0 Å². The zero-order valence-corrected chi connectivity index (χ0v) is 17.6. The van der Waals surface area contributed by atoms with Gasteiger partial charge in [-0.2, -0.15) is 0 Å². The minimum atomic E-state index is -1.16. The molecule has 30 heavy (non-hydrogen) atoms. The SMILES string of the molecule is C=CCNC(=O)[C@]1(Cc2ccccc2-c2cccnc2)CN(C(=O)C(C)C)CCO1. The van der Waals surface area contributed by atoms with E-state index in [1.165, 1.54) is 0 Å². The Balaban J connectivity index is 1.97. The highest BCUT2D eigenvalue weighted by Crippen LogP contribution is 2.30. The van der Waals surface area contributed by atoms with Crippen molar-refractivity contribution in [3.05, 3.63) is 67.0 Å². The van der Waals surface area contributed by atoms with Gasteiger partial charge in [-0.25, -0.2) is 0 Å². The predicted octanol–water partition coefficient (Wildman–Crippen LogP) is 2.85.